The van der Waals surface area contributed by atoms with E-state index in [2.05, 4.69) is 0 Å². The molecule has 0 amide bonds. The molecule has 0 aromatic heterocycles. The van der Waals surface area contributed by atoms with E-state index in [1.54, 1.807) is 6.92 Å². The molecular weight excluding hydrogens is 264 g/mol. The van der Waals surface area contributed by atoms with Crippen LogP contribution in [0.15, 0.2) is 0 Å². The summed E-state index contributed by atoms with van der Waals surface area (Å²) in [6.45, 7) is 5.24. The summed E-state index contributed by atoms with van der Waals surface area (Å²) in [5.41, 5.74) is 0. The van der Waals surface area contributed by atoms with E-state index < -0.39 is 6.10 Å². The SMILES string of the molecule is CCC(=O)OCC(O)COCCCCOCC(O)CC. The van der Waals surface area contributed by atoms with Crippen molar-refractivity contribution in [2.75, 3.05) is 33.0 Å². The van der Waals surface area contributed by atoms with Gasteiger partial charge >= 0.3 is 5.97 Å². The van der Waals surface area contributed by atoms with E-state index in [0.717, 1.165) is 12.8 Å². The molecule has 0 saturated carbocycles. The highest BCUT2D eigenvalue weighted by Crippen LogP contribution is 1.97. The molecule has 2 atom stereocenters. The molecule has 6 nitrogen and oxygen atoms in total. The molecule has 0 fully saturated rings. The zero-order valence-electron chi connectivity index (χ0n) is 12.5. The van der Waals surface area contributed by atoms with Crippen LogP contribution in [-0.2, 0) is 19.0 Å². The summed E-state index contributed by atoms with van der Waals surface area (Å²) in [6, 6.07) is 0. The Bertz CT molecular complexity index is 234. The van der Waals surface area contributed by atoms with Crippen molar-refractivity contribution >= 4 is 5.97 Å². The fraction of sp³-hybridized carbons (Fsp3) is 0.929. The molecule has 20 heavy (non-hydrogen) atoms. The van der Waals surface area contributed by atoms with Crippen molar-refractivity contribution in [1.29, 1.82) is 0 Å². The summed E-state index contributed by atoms with van der Waals surface area (Å²) in [4.78, 5) is 10.9. The van der Waals surface area contributed by atoms with Gasteiger partial charge in [-0.1, -0.05) is 13.8 Å². The first-order valence-electron chi connectivity index (χ1n) is 7.27. The van der Waals surface area contributed by atoms with Gasteiger partial charge in [-0.2, -0.15) is 0 Å². The van der Waals surface area contributed by atoms with Gasteiger partial charge in [-0.05, 0) is 19.3 Å². The number of aliphatic hydroxyl groups excluding tert-OH is 2. The van der Waals surface area contributed by atoms with Crippen LogP contribution >= 0.6 is 0 Å². The van der Waals surface area contributed by atoms with E-state index in [4.69, 9.17) is 14.2 Å². The van der Waals surface area contributed by atoms with Gasteiger partial charge in [-0.25, -0.2) is 0 Å². The molecule has 0 aliphatic carbocycles. The summed E-state index contributed by atoms with van der Waals surface area (Å²) >= 11 is 0. The van der Waals surface area contributed by atoms with Gasteiger partial charge < -0.3 is 24.4 Å². The standard InChI is InChI=1S/C14H28O6/c1-3-12(15)9-18-7-5-6-8-19-10-13(16)11-20-14(17)4-2/h12-13,15-16H,3-11H2,1-2H3. The molecule has 120 valence electrons. The molecular formula is C14H28O6. The second-order valence-electron chi connectivity index (χ2n) is 4.61. The fourth-order valence-electron chi connectivity index (χ4n) is 1.30. The summed E-state index contributed by atoms with van der Waals surface area (Å²) in [5, 5.41) is 18.7. The van der Waals surface area contributed by atoms with Crippen LogP contribution in [-0.4, -0.2) is 61.4 Å². The van der Waals surface area contributed by atoms with Gasteiger partial charge in [-0.3, -0.25) is 4.79 Å². The average molecular weight is 292 g/mol. The molecule has 0 aliphatic heterocycles. The monoisotopic (exact) mass is 292 g/mol. The first kappa shape index (κ1) is 19.3. The summed E-state index contributed by atoms with van der Waals surface area (Å²) in [7, 11) is 0. The lowest BCUT2D eigenvalue weighted by Crippen LogP contribution is -2.23. The number of rotatable bonds is 13. The van der Waals surface area contributed by atoms with E-state index in [-0.39, 0.29) is 25.3 Å². The van der Waals surface area contributed by atoms with Crippen LogP contribution in [0, 0.1) is 0 Å². The lowest BCUT2D eigenvalue weighted by Gasteiger charge is -2.12. The molecule has 0 saturated heterocycles. The number of hydrogen-bond donors (Lipinski definition) is 2. The highest BCUT2D eigenvalue weighted by atomic mass is 16.5. The number of aliphatic hydroxyl groups is 2. The van der Waals surface area contributed by atoms with Crippen LogP contribution in [0.4, 0.5) is 0 Å². The van der Waals surface area contributed by atoms with Gasteiger partial charge in [0.1, 0.15) is 12.7 Å². The van der Waals surface area contributed by atoms with Gasteiger partial charge in [0.05, 0.1) is 19.3 Å². The normalized spacial score (nSPS) is 14.0. The number of esters is 1. The molecule has 2 N–H and O–H groups in total. The van der Waals surface area contributed by atoms with Crippen molar-refractivity contribution in [1.82, 2.24) is 0 Å². The van der Waals surface area contributed by atoms with Crippen molar-refractivity contribution in [3.8, 4) is 0 Å². The van der Waals surface area contributed by atoms with E-state index >= 15 is 0 Å². The molecule has 0 bridgehead atoms. The maximum absolute atomic E-state index is 10.9. The number of carbonyl (C=O) groups excluding carboxylic acids is 1. The van der Waals surface area contributed by atoms with Crippen LogP contribution < -0.4 is 0 Å². The third kappa shape index (κ3) is 12.3. The predicted octanol–water partition coefficient (Wildman–Crippen LogP) is 0.885. The minimum Gasteiger partial charge on any atom is -0.463 e. The zero-order chi connectivity index (χ0) is 15.2. The maximum atomic E-state index is 10.9. The Labute approximate surface area is 121 Å². The minimum absolute atomic E-state index is 0.0231. The number of unbranched alkanes of at least 4 members (excludes halogenated alkanes) is 1. The second-order valence-corrected chi connectivity index (χ2v) is 4.61. The second kappa shape index (κ2) is 13.3. The van der Waals surface area contributed by atoms with Gasteiger partial charge in [0.25, 0.3) is 0 Å². The molecule has 0 heterocycles. The van der Waals surface area contributed by atoms with Crippen LogP contribution in [0.1, 0.15) is 39.5 Å². The van der Waals surface area contributed by atoms with Crippen molar-refractivity contribution < 1.29 is 29.2 Å². The quantitative estimate of drug-likeness (QED) is 0.387. The smallest absolute Gasteiger partial charge is 0.305 e. The average Bonchev–Trinajstić information content (AvgIpc) is 2.46. The molecule has 0 aromatic carbocycles. The minimum atomic E-state index is -0.776. The maximum Gasteiger partial charge on any atom is 0.305 e. The Morgan fingerprint density at radius 3 is 2.00 bits per heavy atom. The highest BCUT2D eigenvalue weighted by molar-refractivity contribution is 5.68. The first-order chi connectivity index (χ1) is 9.60. The Morgan fingerprint density at radius 1 is 0.950 bits per heavy atom. The van der Waals surface area contributed by atoms with Gasteiger partial charge in [0.15, 0.2) is 0 Å². The summed E-state index contributed by atoms with van der Waals surface area (Å²) in [5.74, 6) is -0.324. The van der Waals surface area contributed by atoms with Gasteiger partial charge in [0.2, 0.25) is 0 Å². The van der Waals surface area contributed by atoms with Crippen molar-refractivity contribution in [2.24, 2.45) is 0 Å². The topological polar surface area (TPSA) is 85.2 Å². The molecule has 0 aromatic rings. The van der Waals surface area contributed by atoms with Crippen molar-refractivity contribution in [2.45, 2.75) is 51.7 Å². The zero-order valence-corrected chi connectivity index (χ0v) is 12.5. The van der Waals surface area contributed by atoms with Gasteiger partial charge in [0, 0.05) is 19.6 Å². The largest absolute Gasteiger partial charge is 0.463 e. The van der Waals surface area contributed by atoms with Crippen LogP contribution in [0.3, 0.4) is 0 Å². The lowest BCUT2D eigenvalue weighted by atomic mass is 10.3. The lowest BCUT2D eigenvalue weighted by molar-refractivity contribution is -0.147. The predicted molar refractivity (Wildman–Crippen MR) is 74.4 cm³/mol. The fourth-order valence-corrected chi connectivity index (χ4v) is 1.30. The Morgan fingerprint density at radius 2 is 1.50 bits per heavy atom. The van der Waals surface area contributed by atoms with Crippen LogP contribution in [0.25, 0.3) is 0 Å². The highest BCUT2D eigenvalue weighted by Gasteiger charge is 2.07. The number of ether oxygens (including phenoxy) is 3. The van der Waals surface area contributed by atoms with Crippen molar-refractivity contribution in [3.05, 3.63) is 0 Å². The van der Waals surface area contributed by atoms with E-state index in [9.17, 15) is 15.0 Å². The third-order valence-corrected chi connectivity index (χ3v) is 2.64. The molecule has 0 radical (unpaired) electrons. The molecule has 2 unspecified atom stereocenters. The molecule has 0 spiro atoms. The Kier molecular flexibility index (Phi) is 12.8. The molecule has 0 rings (SSSR count). The Balaban J connectivity index is 3.25. The third-order valence-electron chi connectivity index (χ3n) is 2.64. The number of carbonyl (C=O) groups is 1. The number of hydrogen-bond acceptors (Lipinski definition) is 6. The van der Waals surface area contributed by atoms with E-state index in [1.165, 1.54) is 0 Å². The Hall–Kier alpha value is -0.690. The molecule has 0 aliphatic rings. The first-order valence-corrected chi connectivity index (χ1v) is 7.27. The van der Waals surface area contributed by atoms with E-state index in [0.29, 0.717) is 32.7 Å². The van der Waals surface area contributed by atoms with Crippen LogP contribution in [0.5, 0.6) is 0 Å². The van der Waals surface area contributed by atoms with Crippen molar-refractivity contribution in [3.63, 3.8) is 0 Å². The molecule has 6 heteroatoms. The summed E-state index contributed by atoms with van der Waals surface area (Å²) < 4.78 is 15.3. The van der Waals surface area contributed by atoms with E-state index in [1.807, 2.05) is 6.92 Å². The van der Waals surface area contributed by atoms with Gasteiger partial charge in [-0.15, -0.1) is 0 Å². The van der Waals surface area contributed by atoms with Crippen LogP contribution in [0.2, 0.25) is 0 Å². The summed E-state index contributed by atoms with van der Waals surface area (Å²) in [6.07, 6.45) is 1.51.